The van der Waals surface area contributed by atoms with Crippen molar-refractivity contribution in [2.24, 2.45) is 12.0 Å². The maximum Gasteiger partial charge on any atom is 0.196 e. The van der Waals surface area contributed by atoms with Gasteiger partial charge in [0.05, 0.1) is 32.1 Å². The first-order valence-electron chi connectivity index (χ1n) is 11.8. The molecule has 0 spiro atoms. The Morgan fingerprint density at radius 1 is 1.16 bits per heavy atom. The van der Waals surface area contributed by atoms with Crippen molar-refractivity contribution >= 4 is 11.6 Å². The van der Waals surface area contributed by atoms with Gasteiger partial charge in [-0.05, 0) is 31.4 Å². The second kappa shape index (κ2) is 11.8. The van der Waals surface area contributed by atoms with Crippen LogP contribution in [0.5, 0.6) is 11.5 Å². The molecule has 8 nitrogen and oxygen atoms in total. The number of benzene rings is 1. The monoisotopic (exact) mass is 441 g/mol. The maximum absolute atomic E-state index is 6.05. The fourth-order valence-corrected chi connectivity index (χ4v) is 4.00. The quantitative estimate of drug-likeness (QED) is 0.368. The lowest BCUT2D eigenvalue weighted by Crippen LogP contribution is -2.32. The Labute approximate surface area is 190 Å². The van der Waals surface area contributed by atoms with Crippen molar-refractivity contribution in [3.8, 4) is 11.5 Å². The summed E-state index contributed by atoms with van der Waals surface area (Å²) in [6.07, 6.45) is 12.4. The first kappa shape index (κ1) is 22.5. The highest BCUT2D eigenvalue weighted by Crippen LogP contribution is 2.32. The van der Waals surface area contributed by atoms with E-state index in [2.05, 4.69) is 15.7 Å². The first-order chi connectivity index (χ1) is 15.8. The number of aliphatic imine (C=N–C) groups is 1. The lowest BCUT2D eigenvalue weighted by molar-refractivity contribution is 0.0277. The Bertz CT molecular complexity index is 876. The average Bonchev–Trinajstić information content (AvgIpc) is 3.09. The van der Waals surface area contributed by atoms with Crippen molar-refractivity contribution in [3.05, 3.63) is 36.2 Å². The highest BCUT2D eigenvalue weighted by Gasteiger charge is 2.14. The number of aryl methyl sites for hydroxylation is 1. The minimum absolute atomic E-state index is 0.447. The molecule has 2 heterocycles. The largest absolute Gasteiger partial charge is 0.490 e. The minimum Gasteiger partial charge on any atom is -0.490 e. The average molecular weight is 442 g/mol. The number of hydrogen-bond acceptors (Lipinski definition) is 5. The molecule has 8 heteroatoms. The Morgan fingerprint density at radius 2 is 2.00 bits per heavy atom. The molecule has 0 amide bonds. The van der Waals surface area contributed by atoms with Gasteiger partial charge < -0.3 is 24.8 Å². The molecule has 0 atom stereocenters. The Hall–Kier alpha value is -2.74. The van der Waals surface area contributed by atoms with Crippen LogP contribution in [0.15, 0.2) is 35.6 Å². The van der Waals surface area contributed by atoms with Gasteiger partial charge in [-0.3, -0.25) is 4.68 Å². The van der Waals surface area contributed by atoms with Gasteiger partial charge in [0.1, 0.15) is 0 Å². The van der Waals surface area contributed by atoms with Gasteiger partial charge in [-0.25, -0.2) is 4.99 Å². The van der Waals surface area contributed by atoms with Gasteiger partial charge in [-0.2, -0.15) is 5.10 Å². The van der Waals surface area contributed by atoms with Crippen molar-refractivity contribution in [1.29, 1.82) is 0 Å². The lowest BCUT2D eigenvalue weighted by atomic mass is 9.98. The van der Waals surface area contributed by atoms with Crippen molar-refractivity contribution in [1.82, 2.24) is 15.1 Å². The van der Waals surface area contributed by atoms with Crippen LogP contribution < -0.4 is 20.1 Å². The molecule has 32 heavy (non-hydrogen) atoms. The summed E-state index contributed by atoms with van der Waals surface area (Å²) in [6, 6.07) is 5.90. The van der Waals surface area contributed by atoms with E-state index in [0.29, 0.717) is 25.9 Å². The highest BCUT2D eigenvalue weighted by atomic mass is 16.5. The number of hydrogen-bond donors (Lipinski definition) is 2. The number of rotatable bonds is 8. The van der Waals surface area contributed by atoms with Crippen molar-refractivity contribution in [2.75, 3.05) is 31.7 Å². The molecular weight excluding hydrogens is 406 g/mol. The van der Waals surface area contributed by atoms with Crippen molar-refractivity contribution < 1.29 is 14.2 Å². The van der Waals surface area contributed by atoms with Crippen LogP contribution in [0.3, 0.4) is 0 Å². The molecule has 0 unspecified atom stereocenters. The third-order valence-electron chi connectivity index (χ3n) is 5.71. The fraction of sp³-hybridized carbons (Fsp3) is 0.583. The van der Waals surface area contributed by atoms with E-state index in [9.17, 15) is 0 Å². The summed E-state index contributed by atoms with van der Waals surface area (Å²) in [4.78, 5) is 4.75. The molecule has 0 saturated heterocycles. The van der Waals surface area contributed by atoms with E-state index in [0.717, 1.165) is 54.7 Å². The van der Waals surface area contributed by atoms with E-state index >= 15 is 0 Å². The van der Waals surface area contributed by atoms with E-state index in [1.165, 1.54) is 32.1 Å². The van der Waals surface area contributed by atoms with Gasteiger partial charge in [0, 0.05) is 50.1 Å². The molecule has 2 aromatic rings. The van der Waals surface area contributed by atoms with Crippen molar-refractivity contribution in [3.63, 3.8) is 0 Å². The minimum atomic E-state index is 0.447. The smallest absolute Gasteiger partial charge is 0.196 e. The summed E-state index contributed by atoms with van der Waals surface area (Å²) < 4.78 is 19.4. The SMILES string of the molecule is Cn1cc(CN=C(NCCCOC2CCCCC2)Nc2ccc3c(c2)OCCCO3)cn1. The molecule has 1 saturated carbocycles. The summed E-state index contributed by atoms with van der Waals surface area (Å²) in [6.45, 7) is 3.46. The van der Waals surface area contributed by atoms with E-state index in [1.54, 1.807) is 4.68 Å². The molecule has 2 N–H and O–H groups in total. The second-order valence-electron chi connectivity index (χ2n) is 8.44. The summed E-state index contributed by atoms with van der Waals surface area (Å²) in [5.41, 5.74) is 1.97. The first-order valence-corrected chi connectivity index (χ1v) is 11.8. The molecular formula is C24H35N5O3. The molecule has 0 bridgehead atoms. The standard InChI is InChI=1S/C24H35N5O3/c1-29-18-19(17-27-29)16-26-24(25-11-5-12-30-21-7-3-2-4-8-21)28-20-9-10-22-23(15-20)32-14-6-13-31-22/h9-10,15,17-18,21H,2-8,11-14,16H2,1H3,(H2,25,26,28). The number of fused-ring (bicyclic) bond motifs is 1. The molecule has 1 fully saturated rings. The topological polar surface area (TPSA) is 81.9 Å². The normalized spacial score (nSPS) is 17.1. The number of nitrogens with one attached hydrogen (secondary N) is 2. The van der Waals surface area contributed by atoms with E-state index < -0.39 is 0 Å². The number of guanidine groups is 1. The molecule has 1 aliphatic carbocycles. The molecule has 2 aliphatic rings. The van der Waals surface area contributed by atoms with Gasteiger partial charge in [-0.15, -0.1) is 0 Å². The summed E-state index contributed by atoms with van der Waals surface area (Å²) in [5.74, 6) is 2.27. The predicted octanol–water partition coefficient (Wildman–Crippen LogP) is 3.88. The number of ether oxygens (including phenoxy) is 3. The number of anilines is 1. The molecule has 0 radical (unpaired) electrons. The lowest BCUT2D eigenvalue weighted by Gasteiger charge is -2.22. The van der Waals surface area contributed by atoms with Crippen LogP contribution in [0, 0.1) is 0 Å². The number of aromatic nitrogens is 2. The zero-order valence-electron chi connectivity index (χ0n) is 19.0. The Kier molecular flexibility index (Phi) is 8.25. The van der Waals surface area contributed by atoms with Crippen LogP contribution in [0.2, 0.25) is 0 Å². The number of nitrogens with zero attached hydrogens (tertiary/aromatic N) is 3. The summed E-state index contributed by atoms with van der Waals surface area (Å²) in [7, 11) is 1.91. The van der Waals surface area contributed by atoms with Crippen LogP contribution in [0.4, 0.5) is 5.69 Å². The van der Waals surface area contributed by atoms with Gasteiger partial charge in [0.2, 0.25) is 0 Å². The zero-order valence-corrected chi connectivity index (χ0v) is 19.0. The van der Waals surface area contributed by atoms with Crippen molar-refractivity contribution in [2.45, 2.75) is 57.6 Å². The van der Waals surface area contributed by atoms with Crippen LogP contribution in [0.1, 0.15) is 50.5 Å². The highest BCUT2D eigenvalue weighted by molar-refractivity contribution is 5.93. The fourth-order valence-electron chi connectivity index (χ4n) is 4.00. The predicted molar refractivity (Wildman–Crippen MR) is 125 cm³/mol. The van der Waals surface area contributed by atoms with Crippen LogP contribution in [-0.4, -0.2) is 48.2 Å². The third kappa shape index (κ3) is 6.88. The third-order valence-corrected chi connectivity index (χ3v) is 5.71. The van der Waals surface area contributed by atoms with Crippen LogP contribution in [0.25, 0.3) is 0 Å². The van der Waals surface area contributed by atoms with Gasteiger partial charge >= 0.3 is 0 Å². The molecule has 1 aromatic heterocycles. The summed E-state index contributed by atoms with van der Waals surface area (Å²) >= 11 is 0. The van der Waals surface area contributed by atoms with Gasteiger partial charge in [0.15, 0.2) is 17.5 Å². The Morgan fingerprint density at radius 3 is 2.81 bits per heavy atom. The zero-order chi connectivity index (χ0) is 22.0. The van der Waals surface area contributed by atoms with Gasteiger partial charge in [0.25, 0.3) is 0 Å². The molecule has 1 aliphatic heterocycles. The molecule has 4 rings (SSSR count). The molecule has 1 aromatic carbocycles. The van der Waals surface area contributed by atoms with E-state index in [-0.39, 0.29) is 0 Å². The second-order valence-corrected chi connectivity index (χ2v) is 8.44. The Balaban J connectivity index is 1.33. The molecule has 174 valence electrons. The van der Waals surface area contributed by atoms with Crippen LogP contribution in [-0.2, 0) is 18.3 Å². The summed E-state index contributed by atoms with van der Waals surface area (Å²) in [5, 5.41) is 11.1. The van der Waals surface area contributed by atoms with E-state index in [1.807, 2.05) is 37.6 Å². The van der Waals surface area contributed by atoms with Gasteiger partial charge in [-0.1, -0.05) is 19.3 Å². The van der Waals surface area contributed by atoms with E-state index in [4.69, 9.17) is 19.2 Å². The maximum atomic E-state index is 6.05. The van der Waals surface area contributed by atoms with Crippen LogP contribution >= 0.6 is 0 Å².